The van der Waals surface area contributed by atoms with E-state index in [0.29, 0.717) is 5.02 Å². The molecule has 0 spiro atoms. The molecule has 0 radical (unpaired) electrons. The van der Waals surface area contributed by atoms with Crippen LogP contribution < -0.4 is 0 Å². The van der Waals surface area contributed by atoms with Crippen molar-refractivity contribution in [1.29, 1.82) is 0 Å². The van der Waals surface area contributed by atoms with Crippen LogP contribution in [0.2, 0.25) is 10.0 Å². The van der Waals surface area contributed by atoms with E-state index >= 15 is 0 Å². The molecule has 3 nitrogen and oxygen atoms in total. The zero-order chi connectivity index (χ0) is 13.7. The van der Waals surface area contributed by atoms with Gasteiger partial charge in [0.25, 0.3) is 12.3 Å². The number of amides is 1. The Balaban J connectivity index is 2.94. The third-order valence-corrected chi connectivity index (χ3v) is 2.72. The summed E-state index contributed by atoms with van der Waals surface area (Å²) >= 11 is 11.5. The number of hydrogen-bond acceptors (Lipinski definition) is 2. The molecule has 1 N–H and O–H groups in total. The molecule has 1 amide bonds. The molecular weight excluding hydrogens is 287 g/mol. The Morgan fingerprint density at radius 2 is 2.06 bits per heavy atom. The van der Waals surface area contributed by atoms with Crippen LogP contribution in [-0.4, -0.2) is 42.0 Å². The van der Waals surface area contributed by atoms with Gasteiger partial charge in [-0.15, -0.1) is 0 Å². The van der Waals surface area contributed by atoms with Crippen molar-refractivity contribution < 1.29 is 18.7 Å². The zero-order valence-corrected chi connectivity index (χ0v) is 10.8. The molecule has 0 heterocycles. The highest BCUT2D eigenvalue weighted by molar-refractivity contribution is 6.36. The van der Waals surface area contributed by atoms with Gasteiger partial charge in [0.1, 0.15) is 0 Å². The molecule has 0 atom stereocenters. The topological polar surface area (TPSA) is 40.5 Å². The van der Waals surface area contributed by atoms with E-state index in [4.69, 9.17) is 28.3 Å². The molecule has 0 fully saturated rings. The van der Waals surface area contributed by atoms with E-state index < -0.39 is 25.5 Å². The van der Waals surface area contributed by atoms with Gasteiger partial charge in [0.15, 0.2) is 0 Å². The third kappa shape index (κ3) is 4.08. The minimum absolute atomic E-state index is 0.0789. The number of alkyl halides is 2. The first-order valence-electron chi connectivity index (χ1n) is 5.09. The maximum atomic E-state index is 12.3. The van der Waals surface area contributed by atoms with E-state index in [1.165, 1.54) is 18.2 Å². The monoisotopic (exact) mass is 297 g/mol. The molecule has 1 rings (SSSR count). The second kappa shape index (κ2) is 6.87. The van der Waals surface area contributed by atoms with Crippen LogP contribution in [0.15, 0.2) is 18.2 Å². The maximum Gasteiger partial charge on any atom is 0.255 e. The first-order valence-corrected chi connectivity index (χ1v) is 5.84. The Hall–Kier alpha value is -0.910. The first kappa shape index (κ1) is 15.1. The number of aliphatic hydroxyl groups excluding tert-OH is 1. The summed E-state index contributed by atoms with van der Waals surface area (Å²) in [4.78, 5) is 12.8. The second-order valence-electron chi connectivity index (χ2n) is 3.49. The van der Waals surface area contributed by atoms with Gasteiger partial charge >= 0.3 is 0 Å². The molecule has 0 aliphatic rings. The van der Waals surface area contributed by atoms with Crippen LogP contribution in [-0.2, 0) is 0 Å². The van der Waals surface area contributed by atoms with Gasteiger partial charge in [-0.2, -0.15) is 0 Å². The highest BCUT2D eigenvalue weighted by Gasteiger charge is 2.21. The fourth-order valence-electron chi connectivity index (χ4n) is 1.40. The summed E-state index contributed by atoms with van der Waals surface area (Å²) in [5.41, 5.74) is 0.0789. The molecule has 0 bridgehead atoms. The van der Waals surface area contributed by atoms with Gasteiger partial charge in [-0.25, -0.2) is 8.78 Å². The predicted octanol–water partition coefficient (Wildman–Crippen LogP) is 2.69. The van der Waals surface area contributed by atoms with E-state index in [-0.39, 0.29) is 17.1 Å². The Labute approximate surface area is 113 Å². The lowest BCUT2D eigenvalue weighted by atomic mass is 10.2. The molecule has 0 aromatic heterocycles. The van der Waals surface area contributed by atoms with E-state index in [1.807, 2.05) is 0 Å². The van der Waals surface area contributed by atoms with Gasteiger partial charge in [0.2, 0.25) is 0 Å². The maximum absolute atomic E-state index is 12.3. The Morgan fingerprint density at radius 1 is 1.39 bits per heavy atom. The van der Waals surface area contributed by atoms with Crippen molar-refractivity contribution in [2.45, 2.75) is 6.43 Å². The zero-order valence-electron chi connectivity index (χ0n) is 9.25. The molecule has 18 heavy (non-hydrogen) atoms. The smallest absolute Gasteiger partial charge is 0.255 e. The Morgan fingerprint density at radius 3 is 2.56 bits per heavy atom. The number of halogens is 4. The second-order valence-corrected chi connectivity index (χ2v) is 4.33. The van der Waals surface area contributed by atoms with Crippen LogP contribution >= 0.6 is 23.2 Å². The summed E-state index contributed by atoms with van der Waals surface area (Å²) in [6.45, 7) is -1.33. The number of aliphatic hydroxyl groups is 1. The number of rotatable bonds is 5. The fourth-order valence-corrected chi connectivity index (χ4v) is 1.89. The predicted molar refractivity (Wildman–Crippen MR) is 65.5 cm³/mol. The number of nitrogens with zero attached hydrogens (tertiary/aromatic N) is 1. The number of hydrogen-bond donors (Lipinski definition) is 1. The Bertz CT molecular complexity index is 430. The Kier molecular flexibility index (Phi) is 5.78. The molecule has 0 saturated heterocycles. The average molecular weight is 298 g/mol. The minimum atomic E-state index is -2.67. The number of carbonyl (C=O) groups excluding carboxylic acids is 1. The lowest BCUT2D eigenvalue weighted by molar-refractivity contribution is 0.0509. The van der Waals surface area contributed by atoms with Crippen molar-refractivity contribution in [3.05, 3.63) is 33.8 Å². The number of carbonyl (C=O) groups is 1. The van der Waals surface area contributed by atoms with Gasteiger partial charge in [-0.1, -0.05) is 23.2 Å². The first-order chi connectivity index (χ1) is 8.45. The van der Waals surface area contributed by atoms with Crippen molar-refractivity contribution in [2.24, 2.45) is 0 Å². The summed E-state index contributed by atoms with van der Waals surface area (Å²) in [5, 5.41) is 9.20. The van der Waals surface area contributed by atoms with E-state index in [9.17, 15) is 13.6 Å². The van der Waals surface area contributed by atoms with Crippen molar-refractivity contribution >= 4 is 29.1 Å². The lowest BCUT2D eigenvalue weighted by Gasteiger charge is -2.21. The average Bonchev–Trinajstić information content (AvgIpc) is 2.27. The quantitative estimate of drug-likeness (QED) is 0.908. The molecule has 1 aromatic carbocycles. The largest absolute Gasteiger partial charge is 0.395 e. The van der Waals surface area contributed by atoms with Crippen LogP contribution in [0.1, 0.15) is 10.4 Å². The van der Waals surface area contributed by atoms with E-state index in [1.54, 1.807) is 0 Å². The molecule has 0 saturated carbocycles. The van der Waals surface area contributed by atoms with Crippen LogP contribution in [0.3, 0.4) is 0 Å². The molecule has 7 heteroatoms. The van der Waals surface area contributed by atoms with Crippen LogP contribution in [0, 0.1) is 0 Å². The molecule has 0 aliphatic heterocycles. The van der Waals surface area contributed by atoms with Crippen molar-refractivity contribution in [3.63, 3.8) is 0 Å². The van der Waals surface area contributed by atoms with Crippen molar-refractivity contribution in [3.8, 4) is 0 Å². The standard InChI is InChI=1S/C11H11Cl2F2NO2/c12-7-1-2-8(9(13)5-7)11(18)16(3-4-17)6-10(14)15/h1-2,5,10,17H,3-4,6H2. The van der Waals surface area contributed by atoms with Crippen LogP contribution in [0.25, 0.3) is 0 Å². The normalized spacial score (nSPS) is 10.8. The van der Waals surface area contributed by atoms with E-state index in [0.717, 1.165) is 4.90 Å². The van der Waals surface area contributed by atoms with Gasteiger partial charge in [0, 0.05) is 11.6 Å². The van der Waals surface area contributed by atoms with Gasteiger partial charge in [-0.3, -0.25) is 4.79 Å². The third-order valence-electron chi connectivity index (χ3n) is 2.18. The van der Waals surface area contributed by atoms with Gasteiger partial charge in [0.05, 0.1) is 23.7 Å². The van der Waals surface area contributed by atoms with E-state index in [2.05, 4.69) is 0 Å². The van der Waals surface area contributed by atoms with Crippen LogP contribution in [0.5, 0.6) is 0 Å². The summed E-state index contributed by atoms with van der Waals surface area (Å²) in [5.74, 6) is -0.661. The minimum Gasteiger partial charge on any atom is -0.395 e. The molecule has 0 aliphatic carbocycles. The van der Waals surface area contributed by atoms with Crippen molar-refractivity contribution in [1.82, 2.24) is 4.90 Å². The molecule has 100 valence electrons. The highest BCUT2D eigenvalue weighted by Crippen LogP contribution is 2.22. The molecule has 1 aromatic rings. The fraction of sp³-hybridized carbons (Fsp3) is 0.364. The highest BCUT2D eigenvalue weighted by atomic mass is 35.5. The summed E-state index contributed by atoms with van der Waals surface area (Å²) in [6, 6.07) is 4.17. The molecular formula is C11H11Cl2F2NO2. The van der Waals surface area contributed by atoms with Crippen LogP contribution in [0.4, 0.5) is 8.78 Å². The van der Waals surface area contributed by atoms with Gasteiger partial charge < -0.3 is 10.0 Å². The molecule has 0 unspecified atom stereocenters. The lowest BCUT2D eigenvalue weighted by Crippen LogP contribution is -2.37. The summed E-state index contributed by atoms with van der Waals surface area (Å²) < 4.78 is 24.6. The summed E-state index contributed by atoms with van der Waals surface area (Å²) in [7, 11) is 0. The SMILES string of the molecule is O=C(c1ccc(Cl)cc1Cl)N(CCO)CC(F)F. The number of benzene rings is 1. The van der Waals surface area contributed by atoms with Gasteiger partial charge in [-0.05, 0) is 18.2 Å². The van der Waals surface area contributed by atoms with Crippen molar-refractivity contribution in [2.75, 3.05) is 19.7 Å². The summed E-state index contributed by atoms with van der Waals surface area (Å²) in [6.07, 6.45) is -2.67.